The Morgan fingerprint density at radius 3 is 2.76 bits per heavy atom. The Bertz CT molecular complexity index is 698. The van der Waals surface area contributed by atoms with Gasteiger partial charge in [-0.15, -0.1) is 0 Å². The predicted octanol–water partition coefficient (Wildman–Crippen LogP) is 0.885. The maximum Gasteiger partial charge on any atom is 0.325 e. The molecule has 1 heterocycles. The summed E-state index contributed by atoms with van der Waals surface area (Å²) in [6.45, 7) is 1.54. The number of hydrogen-bond donors (Lipinski definition) is 2. The number of hydrogen-bond acceptors (Lipinski definition) is 4. The molecule has 136 valence electrons. The molecule has 25 heavy (non-hydrogen) atoms. The summed E-state index contributed by atoms with van der Waals surface area (Å²) in [4.78, 5) is 37.2. The Labute approximate surface area is 143 Å². The lowest BCUT2D eigenvalue weighted by atomic mass is 9.91. The molecule has 0 aliphatic carbocycles. The molecule has 1 aromatic rings. The standard InChI is InChI=1S/C16H19F2N3O4/c1-16(11-8-10(17)4-5-12(11)18)14(23)21(15(24)20-16)9-13(22)19-6-3-7-25-2/h4-5,8H,3,6-7,9H2,1-2H3,(H,19,22)(H,20,24)/t16-/m1/s1. The van der Waals surface area contributed by atoms with Crippen LogP contribution in [-0.4, -0.2) is 49.6 Å². The van der Waals surface area contributed by atoms with Gasteiger partial charge in [0.25, 0.3) is 5.91 Å². The van der Waals surface area contributed by atoms with E-state index < -0.39 is 41.6 Å². The minimum atomic E-state index is -1.78. The van der Waals surface area contributed by atoms with Crippen LogP contribution in [0.2, 0.25) is 0 Å². The molecule has 0 bridgehead atoms. The molecule has 0 saturated carbocycles. The quantitative estimate of drug-likeness (QED) is 0.562. The zero-order valence-corrected chi connectivity index (χ0v) is 13.9. The molecular weight excluding hydrogens is 336 g/mol. The van der Waals surface area contributed by atoms with Gasteiger partial charge in [0.2, 0.25) is 5.91 Å². The van der Waals surface area contributed by atoms with Gasteiger partial charge >= 0.3 is 6.03 Å². The van der Waals surface area contributed by atoms with Crippen LogP contribution in [0.5, 0.6) is 0 Å². The Balaban J connectivity index is 2.11. The van der Waals surface area contributed by atoms with Crippen molar-refractivity contribution in [3.8, 4) is 0 Å². The topological polar surface area (TPSA) is 87.7 Å². The molecule has 0 aromatic heterocycles. The third kappa shape index (κ3) is 3.93. The monoisotopic (exact) mass is 355 g/mol. The largest absolute Gasteiger partial charge is 0.385 e. The van der Waals surface area contributed by atoms with Gasteiger partial charge in [-0.2, -0.15) is 0 Å². The van der Waals surface area contributed by atoms with Gasteiger partial charge in [0.1, 0.15) is 23.7 Å². The maximum absolute atomic E-state index is 14.0. The average Bonchev–Trinajstić information content (AvgIpc) is 2.78. The second-order valence-electron chi connectivity index (χ2n) is 5.77. The van der Waals surface area contributed by atoms with Crippen LogP contribution in [0.15, 0.2) is 18.2 Å². The minimum absolute atomic E-state index is 0.297. The van der Waals surface area contributed by atoms with E-state index in [1.165, 1.54) is 14.0 Å². The Morgan fingerprint density at radius 2 is 2.08 bits per heavy atom. The second kappa shape index (κ2) is 7.56. The van der Waals surface area contributed by atoms with Gasteiger partial charge in [-0.3, -0.25) is 14.5 Å². The molecule has 2 N–H and O–H groups in total. The number of nitrogens with one attached hydrogen (secondary N) is 2. The summed E-state index contributed by atoms with van der Waals surface area (Å²) < 4.78 is 32.3. The molecule has 0 radical (unpaired) electrons. The number of ether oxygens (including phenoxy) is 1. The number of halogens is 2. The Kier molecular flexibility index (Phi) is 5.68. The van der Waals surface area contributed by atoms with Crippen molar-refractivity contribution >= 4 is 17.8 Å². The number of amides is 4. The smallest absolute Gasteiger partial charge is 0.325 e. The van der Waals surface area contributed by atoms with Crippen molar-refractivity contribution in [1.29, 1.82) is 0 Å². The van der Waals surface area contributed by atoms with Gasteiger partial charge < -0.3 is 15.4 Å². The summed E-state index contributed by atoms with van der Waals surface area (Å²) in [6, 6.07) is 1.79. The zero-order chi connectivity index (χ0) is 18.6. The molecule has 1 aromatic carbocycles. The number of rotatable bonds is 7. The summed E-state index contributed by atoms with van der Waals surface area (Å²) in [6.07, 6.45) is 0.578. The lowest BCUT2D eigenvalue weighted by Gasteiger charge is -2.22. The summed E-state index contributed by atoms with van der Waals surface area (Å²) in [5.74, 6) is -2.94. The van der Waals surface area contributed by atoms with E-state index >= 15 is 0 Å². The number of methoxy groups -OCH3 is 1. The number of benzene rings is 1. The summed E-state index contributed by atoms with van der Waals surface area (Å²) in [5, 5.41) is 4.87. The third-order valence-electron chi connectivity index (χ3n) is 3.89. The van der Waals surface area contributed by atoms with Crippen LogP contribution >= 0.6 is 0 Å². The van der Waals surface area contributed by atoms with E-state index in [9.17, 15) is 23.2 Å². The zero-order valence-electron chi connectivity index (χ0n) is 13.9. The lowest BCUT2D eigenvalue weighted by Crippen LogP contribution is -2.44. The molecule has 1 fully saturated rings. The Hall–Kier alpha value is -2.55. The predicted molar refractivity (Wildman–Crippen MR) is 83.5 cm³/mol. The van der Waals surface area contributed by atoms with E-state index in [1.807, 2.05) is 0 Å². The molecular formula is C16H19F2N3O4. The van der Waals surface area contributed by atoms with Crippen LogP contribution in [0.3, 0.4) is 0 Å². The molecule has 2 rings (SSSR count). The molecule has 1 aliphatic rings. The van der Waals surface area contributed by atoms with Crippen LogP contribution in [0, 0.1) is 11.6 Å². The Morgan fingerprint density at radius 1 is 1.36 bits per heavy atom. The molecule has 4 amide bonds. The van der Waals surface area contributed by atoms with Crippen LogP contribution in [0.1, 0.15) is 18.9 Å². The molecule has 7 nitrogen and oxygen atoms in total. The average molecular weight is 355 g/mol. The van der Waals surface area contributed by atoms with Crippen molar-refractivity contribution in [2.24, 2.45) is 0 Å². The minimum Gasteiger partial charge on any atom is -0.385 e. The molecule has 1 atom stereocenters. The third-order valence-corrected chi connectivity index (χ3v) is 3.89. The molecule has 0 unspecified atom stereocenters. The van der Waals surface area contributed by atoms with Gasteiger partial charge in [0.05, 0.1) is 0 Å². The highest BCUT2D eigenvalue weighted by molar-refractivity contribution is 6.09. The van der Waals surface area contributed by atoms with Gasteiger partial charge in [-0.05, 0) is 31.5 Å². The fraction of sp³-hybridized carbons (Fsp3) is 0.438. The number of carbonyl (C=O) groups excluding carboxylic acids is 3. The van der Waals surface area contributed by atoms with Gasteiger partial charge in [-0.25, -0.2) is 13.6 Å². The van der Waals surface area contributed by atoms with E-state index in [4.69, 9.17) is 4.74 Å². The van der Waals surface area contributed by atoms with Crippen molar-refractivity contribution in [2.45, 2.75) is 18.9 Å². The fourth-order valence-corrected chi connectivity index (χ4v) is 2.55. The highest BCUT2D eigenvalue weighted by atomic mass is 19.1. The number of imide groups is 1. The van der Waals surface area contributed by atoms with Crippen molar-refractivity contribution < 1.29 is 27.9 Å². The molecule has 1 aliphatic heterocycles. The van der Waals surface area contributed by atoms with E-state index in [0.717, 1.165) is 18.2 Å². The normalized spacial score (nSPS) is 19.9. The first-order chi connectivity index (χ1) is 11.8. The van der Waals surface area contributed by atoms with E-state index in [-0.39, 0.29) is 5.56 Å². The van der Waals surface area contributed by atoms with E-state index in [1.54, 1.807) is 0 Å². The summed E-state index contributed by atoms with van der Waals surface area (Å²) >= 11 is 0. The van der Waals surface area contributed by atoms with Crippen LogP contribution in [0.4, 0.5) is 13.6 Å². The number of nitrogens with zero attached hydrogens (tertiary/aromatic N) is 1. The summed E-state index contributed by atoms with van der Waals surface area (Å²) in [5.41, 5.74) is -2.08. The lowest BCUT2D eigenvalue weighted by molar-refractivity contribution is -0.134. The van der Waals surface area contributed by atoms with Crippen LogP contribution in [0.25, 0.3) is 0 Å². The summed E-state index contributed by atoms with van der Waals surface area (Å²) in [7, 11) is 1.53. The molecule has 0 spiro atoms. The first-order valence-electron chi connectivity index (χ1n) is 7.65. The SMILES string of the molecule is COCCCNC(=O)CN1C(=O)N[C@](C)(c2cc(F)ccc2F)C1=O. The van der Waals surface area contributed by atoms with Gasteiger partial charge in [0.15, 0.2) is 0 Å². The molecule has 9 heteroatoms. The second-order valence-corrected chi connectivity index (χ2v) is 5.77. The molecule has 1 saturated heterocycles. The highest BCUT2D eigenvalue weighted by Crippen LogP contribution is 2.31. The van der Waals surface area contributed by atoms with E-state index in [2.05, 4.69) is 10.6 Å². The van der Waals surface area contributed by atoms with Gasteiger partial charge in [0, 0.05) is 25.8 Å². The van der Waals surface area contributed by atoms with Crippen molar-refractivity contribution in [3.63, 3.8) is 0 Å². The van der Waals surface area contributed by atoms with E-state index in [0.29, 0.717) is 24.5 Å². The van der Waals surface area contributed by atoms with Crippen LogP contribution in [-0.2, 0) is 19.9 Å². The van der Waals surface area contributed by atoms with Crippen molar-refractivity contribution in [3.05, 3.63) is 35.4 Å². The maximum atomic E-state index is 14.0. The first-order valence-corrected chi connectivity index (χ1v) is 7.65. The fourth-order valence-electron chi connectivity index (χ4n) is 2.55. The highest BCUT2D eigenvalue weighted by Gasteiger charge is 2.50. The van der Waals surface area contributed by atoms with Crippen molar-refractivity contribution in [2.75, 3.05) is 26.8 Å². The number of urea groups is 1. The van der Waals surface area contributed by atoms with Crippen LogP contribution < -0.4 is 10.6 Å². The first kappa shape index (κ1) is 18.8. The van der Waals surface area contributed by atoms with Crippen molar-refractivity contribution in [1.82, 2.24) is 15.5 Å². The van der Waals surface area contributed by atoms with Gasteiger partial charge in [-0.1, -0.05) is 0 Å². The number of carbonyl (C=O) groups is 3.